The van der Waals surface area contributed by atoms with Crippen molar-refractivity contribution in [2.45, 2.75) is 25.6 Å². The Labute approximate surface area is 121 Å². The van der Waals surface area contributed by atoms with Crippen molar-refractivity contribution < 1.29 is 19.5 Å². The number of aliphatic carboxylic acids is 1. The summed E-state index contributed by atoms with van der Waals surface area (Å²) in [6.07, 6.45) is 0. The number of carbonyl (C=O) groups is 3. The van der Waals surface area contributed by atoms with Crippen LogP contribution in [-0.4, -0.2) is 51.4 Å². The largest absolute Gasteiger partial charge is 0.480 e. The molecule has 3 amide bonds. The summed E-state index contributed by atoms with van der Waals surface area (Å²) < 4.78 is 0. The molecule has 0 bridgehead atoms. The Hall–Kier alpha value is -2.41. The van der Waals surface area contributed by atoms with Gasteiger partial charge in [0, 0.05) is 6.54 Å². The van der Waals surface area contributed by atoms with Gasteiger partial charge in [0.15, 0.2) is 6.04 Å². The number of hydrogen-bond acceptors (Lipinski definition) is 4. The summed E-state index contributed by atoms with van der Waals surface area (Å²) in [6.45, 7) is 1.64. The SMILES string of the molecule is C[C@H](N)C(=O)N1C(=O)N(Cc2ccccc2)C[C@H]1C(=O)O. The summed E-state index contributed by atoms with van der Waals surface area (Å²) in [4.78, 5) is 37.6. The quantitative estimate of drug-likeness (QED) is 0.827. The fourth-order valence-corrected chi connectivity index (χ4v) is 2.25. The second kappa shape index (κ2) is 5.92. The maximum Gasteiger partial charge on any atom is 0.328 e. The van der Waals surface area contributed by atoms with Gasteiger partial charge >= 0.3 is 12.0 Å². The van der Waals surface area contributed by atoms with E-state index in [2.05, 4.69) is 0 Å². The third kappa shape index (κ3) is 3.03. The van der Waals surface area contributed by atoms with Crippen LogP contribution in [0.3, 0.4) is 0 Å². The molecule has 0 unspecified atom stereocenters. The Morgan fingerprint density at radius 1 is 1.38 bits per heavy atom. The number of urea groups is 1. The zero-order chi connectivity index (χ0) is 15.6. The normalized spacial score (nSPS) is 19.7. The Morgan fingerprint density at radius 3 is 2.52 bits per heavy atom. The van der Waals surface area contributed by atoms with Gasteiger partial charge in [0.1, 0.15) is 0 Å². The number of nitrogens with zero attached hydrogens (tertiary/aromatic N) is 2. The third-order valence-corrected chi connectivity index (χ3v) is 3.31. The van der Waals surface area contributed by atoms with Gasteiger partial charge in [-0.15, -0.1) is 0 Å². The average Bonchev–Trinajstić information content (AvgIpc) is 2.76. The van der Waals surface area contributed by atoms with Crippen LogP contribution in [0.2, 0.25) is 0 Å². The lowest BCUT2D eigenvalue weighted by Gasteiger charge is -2.20. The number of benzene rings is 1. The fraction of sp³-hybridized carbons (Fsp3) is 0.357. The maximum atomic E-state index is 12.3. The lowest BCUT2D eigenvalue weighted by molar-refractivity contribution is -0.146. The van der Waals surface area contributed by atoms with Gasteiger partial charge in [-0.3, -0.25) is 4.79 Å². The van der Waals surface area contributed by atoms with Crippen molar-refractivity contribution in [3.63, 3.8) is 0 Å². The van der Waals surface area contributed by atoms with E-state index in [4.69, 9.17) is 5.73 Å². The van der Waals surface area contributed by atoms with Crippen LogP contribution < -0.4 is 5.73 Å². The van der Waals surface area contributed by atoms with Crippen LogP contribution in [0.5, 0.6) is 0 Å². The molecule has 1 aliphatic heterocycles. The Kier molecular flexibility index (Phi) is 4.23. The molecule has 0 spiro atoms. The van der Waals surface area contributed by atoms with Gasteiger partial charge in [0.25, 0.3) is 0 Å². The predicted octanol–water partition coefficient (Wildman–Crippen LogP) is 0.251. The molecule has 0 radical (unpaired) electrons. The van der Waals surface area contributed by atoms with Crippen molar-refractivity contribution in [2.75, 3.05) is 6.54 Å². The second-order valence-electron chi connectivity index (χ2n) is 5.00. The van der Waals surface area contributed by atoms with Crippen LogP contribution in [0.25, 0.3) is 0 Å². The summed E-state index contributed by atoms with van der Waals surface area (Å²) >= 11 is 0. The molecule has 21 heavy (non-hydrogen) atoms. The first kappa shape index (κ1) is 15.0. The summed E-state index contributed by atoms with van der Waals surface area (Å²) in [7, 11) is 0. The van der Waals surface area contributed by atoms with Gasteiger partial charge in [0.2, 0.25) is 5.91 Å². The van der Waals surface area contributed by atoms with Crippen LogP contribution >= 0.6 is 0 Å². The summed E-state index contributed by atoms with van der Waals surface area (Å²) in [5.74, 6) is -1.89. The highest BCUT2D eigenvalue weighted by atomic mass is 16.4. The summed E-state index contributed by atoms with van der Waals surface area (Å²) in [5, 5.41) is 9.20. The highest BCUT2D eigenvalue weighted by Crippen LogP contribution is 2.20. The predicted molar refractivity (Wildman–Crippen MR) is 74.2 cm³/mol. The van der Waals surface area contributed by atoms with Gasteiger partial charge in [-0.2, -0.15) is 0 Å². The van der Waals surface area contributed by atoms with Crippen LogP contribution in [-0.2, 0) is 16.1 Å². The molecular formula is C14H17N3O4. The Bertz CT molecular complexity index is 559. The number of nitrogens with two attached hydrogens (primary N) is 1. The molecule has 7 nitrogen and oxygen atoms in total. The van der Waals surface area contributed by atoms with Gasteiger partial charge < -0.3 is 15.7 Å². The smallest absolute Gasteiger partial charge is 0.328 e. The highest BCUT2D eigenvalue weighted by molar-refractivity contribution is 6.02. The van der Waals surface area contributed by atoms with E-state index >= 15 is 0 Å². The molecule has 0 saturated carbocycles. The first-order chi connectivity index (χ1) is 9.91. The molecule has 1 saturated heterocycles. The number of carbonyl (C=O) groups excluding carboxylic acids is 2. The molecule has 1 heterocycles. The number of amides is 3. The number of imide groups is 1. The molecule has 3 N–H and O–H groups in total. The van der Waals surface area contributed by atoms with Crippen molar-refractivity contribution in [1.29, 1.82) is 0 Å². The van der Waals surface area contributed by atoms with Crippen molar-refractivity contribution >= 4 is 17.9 Å². The average molecular weight is 291 g/mol. The van der Waals surface area contributed by atoms with E-state index in [-0.39, 0.29) is 13.1 Å². The number of hydrogen-bond donors (Lipinski definition) is 2. The molecule has 1 aromatic rings. The van der Waals surface area contributed by atoms with E-state index in [1.807, 2.05) is 30.3 Å². The zero-order valence-electron chi connectivity index (χ0n) is 11.6. The minimum absolute atomic E-state index is 0.0402. The van der Waals surface area contributed by atoms with E-state index in [1.54, 1.807) is 0 Å². The van der Waals surface area contributed by atoms with E-state index in [0.29, 0.717) is 0 Å². The first-order valence-electron chi connectivity index (χ1n) is 6.56. The highest BCUT2D eigenvalue weighted by Gasteiger charge is 2.45. The van der Waals surface area contributed by atoms with Crippen molar-refractivity contribution in [3.8, 4) is 0 Å². The fourth-order valence-electron chi connectivity index (χ4n) is 2.25. The minimum atomic E-state index is -1.21. The van der Waals surface area contributed by atoms with Crippen LogP contribution in [0, 0.1) is 0 Å². The van der Waals surface area contributed by atoms with E-state index < -0.39 is 30.0 Å². The molecule has 1 aromatic carbocycles. The molecule has 0 aliphatic carbocycles. The molecule has 7 heteroatoms. The Morgan fingerprint density at radius 2 is 2.00 bits per heavy atom. The molecule has 2 rings (SSSR count). The molecule has 1 fully saturated rings. The summed E-state index contributed by atoms with van der Waals surface area (Å²) in [5.41, 5.74) is 6.35. The van der Waals surface area contributed by atoms with Gasteiger partial charge in [-0.1, -0.05) is 30.3 Å². The zero-order valence-corrected chi connectivity index (χ0v) is 11.6. The van der Waals surface area contributed by atoms with Crippen molar-refractivity contribution in [3.05, 3.63) is 35.9 Å². The van der Waals surface area contributed by atoms with Gasteiger partial charge in [-0.05, 0) is 12.5 Å². The maximum absolute atomic E-state index is 12.3. The monoisotopic (exact) mass is 291 g/mol. The van der Waals surface area contributed by atoms with Crippen LogP contribution in [0.4, 0.5) is 4.79 Å². The van der Waals surface area contributed by atoms with Gasteiger partial charge in [0.05, 0.1) is 12.6 Å². The van der Waals surface area contributed by atoms with Crippen LogP contribution in [0.15, 0.2) is 30.3 Å². The lowest BCUT2D eigenvalue weighted by Crippen LogP contribution is -2.50. The molecule has 112 valence electrons. The standard InChI is InChI=1S/C14H17N3O4/c1-9(15)12(18)17-11(13(19)20)8-16(14(17)21)7-10-5-3-2-4-6-10/h2-6,9,11H,7-8,15H2,1H3,(H,19,20)/t9-,11-/m0/s1. The Balaban J connectivity index is 2.21. The van der Waals surface area contributed by atoms with E-state index in [1.165, 1.54) is 11.8 Å². The number of rotatable bonds is 4. The van der Waals surface area contributed by atoms with Gasteiger partial charge in [-0.25, -0.2) is 14.5 Å². The number of carboxylic acid groups (broad SMARTS) is 1. The minimum Gasteiger partial charge on any atom is -0.480 e. The molecule has 2 atom stereocenters. The topological polar surface area (TPSA) is 104 Å². The third-order valence-electron chi connectivity index (χ3n) is 3.31. The molecule has 0 aromatic heterocycles. The summed E-state index contributed by atoms with van der Waals surface area (Å²) in [6, 6.07) is 6.44. The van der Waals surface area contributed by atoms with Crippen molar-refractivity contribution in [2.24, 2.45) is 5.73 Å². The van der Waals surface area contributed by atoms with Crippen molar-refractivity contribution in [1.82, 2.24) is 9.80 Å². The lowest BCUT2D eigenvalue weighted by atomic mass is 10.2. The molecule has 1 aliphatic rings. The van der Waals surface area contributed by atoms with E-state index in [9.17, 15) is 19.5 Å². The first-order valence-corrected chi connectivity index (χ1v) is 6.56. The van der Waals surface area contributed by atoms with E-state index in [0.717, 1.165) is 10.5 Å². The van der Waals surface area contributed by atoms with Crippen LogP contribution in [0.1, 0.15) is 12.5 Å². The number of carboxylic acids is 1. The molecular weight excluding hydrogens is 274 g/mol. The second-order valence-corrected chi connectivity index (χ2v) is 5.00.